The first kappa shape index (κ1) is 29.8. The van der Waals surface area contributed by atoms with E-state index >= 15 is 0 Å². The van der Waals surface area contributed by atoms with Gasteiger partial charge in [-0.1, -0.05) is 56.9 Å². The molecule has 0 aliphatic carbocycles. The molecule has 0 radical (unpaired) electrons. The Kier molecular flexibility index (Phi) is 17.0. The van der Waals surface area contributed by atoms with Gasteiger partial charge in [0.15, 0.2) is 0 Å². The molecule has 0 bridgehead atoms. The molecule has 2 N–H and O–H groups in total. The molecule has 7 nitrogen and oxygen atoms in total. The summed E-state index contributed by atoms with van der Waals surface area (Å²) >= 11 is 0. The standard InChI is InChI=1S/C17H28NO6P.2Na/c1-3-4-5-6-7-11-16(20)18-17(13(2)24-25(21,22)23)14-9-8-10-15(19)12-14;;/h8-10,12-13,17,19H,3-7,11H2,1-2H3,(H,18,20)(H2,21,22,23);;/q;2*+1/p-2/t13-,17-;;/m1../s1. The quantitative estimate of drug-likeness (QED) is 0.126. The minimum absolute atomic E-state index is 0. The fourth-order valence-electron chi connectivity index (χ4n) is 2.52. The van der Waals surface area contributed by atoms with Crippen molar-refractivity contribution in [2.75, 3.05) is 0 Å². The number of rotatable bonds is 11. The third-order valence-corrected chi connectivity index (χ3v) is 4.33. The van der Waals surface area contributed by atoms with Crippen molar-refractivity contribution in [3.63, 3.8) is 0 Å². The fourth-order valence-corrected chi connectivity index (χ4v) is 3.07. The smallest absolute Gasteiger partial charge is 0.872 e. The Morgan fingerprint density at radius 1 is 1.22 bits per heavy atom. The van der Waals surface area contributed by atoms with Crippen LogP contribution in [0.15, 0.2) is 29.3 Å². The van der Waals surface area contributed by atoms with Crippen LogP contribution in [0.3, 0.4) is 0 Å². The largest absolute Gasteiger partial charge is 1.00 e. The monoisotopic (exact) mass is 417 g/mol. The predicted molar refractivity (Wildman–Crippen MR) is 92.0 cm³/mol. The van der Waals surface area contributed by atoms with Crippen LogP contribution in [-0.2, 0) is 9.09 Å². The number of benzene rings is 1. The van der Waals surface area contributed by atoms with Crippen molar-refractivity contribution in [1.29, 1.82) is 0 Å². The first-order valence-corrected chi connectivity index (χ1v) is 10.0. The molecule has 27 heavy (non-hydrogen) atoms. The van der Waals surface area contributed by atoms with Crippen molar-refractivity contribution < 1.29 is 88.2 Å². The molecule has 1 rings (SSSR count). The Morgan fingerprint density at radius 2 is 1.85 bits per heavy atom. The van der Waals surface area contributed by atoms with E-state index < -0.39 is 20.0 Å². The first-order chi connectivity index (χ1) is 11.7. The molecule has 0 aromatic heterocycles. The van der Waals surface area contributed by atoms with Crippen LogP contribution in [0.4, 0.5) is 0 Å². The predicted octanol–water partition coefficient (Wildman–Crippen LogP) is -3.57. The van der Waals surface area contributed by atoms with Gasteiger partial charge in [0.05, 0.1) is 6.10 Å². The zero-order chi connectivity index (χ0) is 18.9. The van der Waals surface area contributed by atoms with E-state index in [1.165, 1.54) is 25.1 Å². The third kappa shape index (κ3) is 13.4. The molecule has 0 spiro atoms. The normalized spacial score (nSPS) is 14.0. The molecule has 142 valence electrons. The Labute approximate surface area is 205 Å². The van der Waals surface area contributed by atoms with Gasteiger partial charge >= 0.3 is 66.9 Å². The summed E-state index contributed by atoms with van der Waals surface area (Å²) in [5.74, 6) is -0.632. The number of phosphoric acid groups is 1. The van der Waals surface area contributed by atoms with Gasteiger partial charge in [0.25, 0.3) is 0 Å². The van der Waals surface area contributed by atoms with Crippen molar-refractivity contribution in [3.05, 3.63) is 29.8 Å². The van der Waals surface area contributed by atoms with Crippen LogP contribution in [0.2, 0.25) is 0 Å². The van der Waals surface area contributed by atoms with Crippen LogP contribution >= 0.6 is 7.82 Å². The number of unbranched alkanes of at least 4 members (excludes halogenated alkanes) is 4. The fraction of sp³-hybridized carbons (Fsp3) is 0.588. The average molecular weight is 417 g/mol. The molecule has 10 heteroatoms. The Hall–Kier alpha value is 0.600. The van der Waals surface area contributed by atoms with Crippen molar-refractivity contribution >= 4 is 13.7 Å². The van der Waals surface area contributed by atoms with E-state index in [1.54, 1.807) is 6.07 Å². The summed E-state index contributed by atoms with van der Waals surface area (Å²) in [5, 5.41) is 23.7. The molecule has 1 aromatic carbocycles. The van der Waals surface area contributed by atoms with Gasteiger partial charge in [-0.2, -0.15) is 0 Å². The number of phosphoric ester groups is 1. The van der Waals surface area contributed by atoms with Crippen molar-refractivity contribution in [3.8, 4) is 5.75 Å². The number of nitrogens with zero attached hydrogens (tertiary/aromatic N) is 1. The van der Waals surface area contributed by atoms with Gasteiger partial charge < -0.3 is 20.0 Å². The minimum Gasteiger partial charge on any atom is -0.872 e. The summed E-state index contributed by atoms with van der Waals surface area (Å²) in [6, 6.07) is 4.81. The second-order valence-corrected chi connectivity index (χ2v) is 7.20. The van der Waals surface area contributed by atoms with Crippen LogP contribution in [0, 0.1) is 0 Å². The van der Waals surface area contributed by atoms with Gasteiger partial charge in [-0.3, -0.25) is 9.52 Å². The Morgan fingerprint density at radius 3 is 2.41 bits per heavy atom. The van der Waals surface area contributed by atoms with E-state index in [2.05, 4.69) is 16.4 Å². The molecular weight excluding hydrogens is 391 g/mol. The van der Waals surface area contributed by atoms with E-state index in [9.17, 15) is 14.8 Å². The molecule has 1 aromatic rings. The van der Waals surface area contributed by atoms with Crippen molar-refractivity contribution in [1.82, 2.24) is 0 Å². The van der Waals surface area contributed by atoms with Crippen LogP contribution in [0.5, 0.6) is 5.75 Å². The van der Waals surface area contributed by atoms with Gasteiger partial charge in [0.2, 0.25) is 0 Å². The molecule has 0 aliphatic heterocycles. The van der Waals surface area contributed by atoms with E-state index in [0.29, 0.717) is 12.0 Å². The maximum atomic E-state index is 12.1. The topological polar surface area (TPSA) is 125 Å². The van der Waals surface area contributed by atoms with Gasteiger partial charge in [-0.15, -0.1) is 5.75 Å². The molecule has 0 amide bonds. The van der Waals surface area contributed by atoms with Crippen LogP contribution in [0.25, 0.3) is 0 Å². The molecule has 0 saturated carbocycles. The van der Waals surface area contributed by atoms with Gasteiger partial charge in [-0.25, -0.2) is 4.57 Å². The van der Waals surface area contributed by atoms with Gasteiger partial charge in [0, 0.05) is 0 Å². The molecule has 0 aliphatic rings. The number of hydrogen-bond donors (Lipinski definition) is 2. The molecule has 2 atom stereocenters. The van der Waals surface area contributed by atoms with Crippen molar-refractivity contribution in [2.24, 2.45) is 4.99 Å². The van der Waals surface area contributed by atoms with Crippen LogP contribution in [0.1, 0.15) is 64.0 Å². The Balaban J connectivity index is 0. The molecule has 0 fully saturated rings. The van der Waals surface area contributed by atoms with Crippen LogP contribution in [-0.4, -0.2) is 21.8 Å². The summed E-state index contributed by atoms with van der Waals surface area (Å²) in [6.45, 7) is 3.52. The Bertz CT molecular complexity index is 611. The maximum Gasteiger partial charge on any atom is 1.00 e. The molecule has 0 saturated heterocycles. The minimum atomic E-state index is -4.73. The van der Waals surface area contributed by atoms with E-state index in [4.69, 9.17) is 9.79 Å². The maximum absolute atomic E-state index is 12.1. The zero-order valence-corrected chi connectivity index (χ0v) is 21.5. The van der Waals surface area contributed by atoms with E-state index in [0.717, 1.165) is 25.7 Å². The van der Waals surface area contributed by atoms with Crippen molar-refractivity contribution in [2.45, 2.75) is 64.5 Å². The molecule has 0 heterocycles. The average Bonchev–Trinajstić information content (AvgIpc) is 2.50. The number of hydrogen-bond acceptors (Lipinski definition) is 5. The summed E-state index contributed by atoms with van der Waals surface area (Å²) in [6.07, 6.45) is 4.16. The van der Waals surface area contributed by atoms with Gasteiger partial charge in [0.1, 0.15) is 6.04 Å². The summed E-state index contributed by atoms with van der Waals surface area (Å²) < 4.78 is 15.8. The number of aliphatic imine (C=N–C) groups is 1. The second kappa shape index (κ2) is 15.4. The summed E-state index contributed by atoms with van der Waals surface area (Å²) in [7, 11) is -4.73. The van der Waals surface area contributed by atoms with E-state index in [1.807, 2.05) is 0 Å². The SMILES string of the molecule is CCCCCCCC([O-])=N[C@@H](c1cccc([O-])c1)[C@@H](C)OP(=O)(O)O.[Na+].[Na+]. The van der Waals surface area contributed by atoms with E-state index in [-0.39, 0.29) is 77.2 Å². The third-order valence-electron chi connectivity index (χ3n) is 3.73. The molecular formula is C17H26NNa2O6P. The second-order valence-electron chi connectivity index (χ2n) is 6.01. The summed E-state index contributed by atoms with van der Waals surface area (Å²) in [4.78, 5) is 22.0. The first-order valence-electron chi connectivity index (χ1n) is 8.47. The van der Waals surface area contributed by atoms with Crippen LogP contribution < -0.4 is 69.3 Å². The van der Waals surface area contributed by atoms with Gasteiger partial charge in [-0.05, 0) is 31.2 Å². The summed E-state index contributed by atoms with van der Waals surface area (Å²) in [5.41, 5.74) is 0.396. The zero-order valence-electron chi connectivity index (χ0n) is 16.6. The molecule has 0 unspecified atom stereocenters.